The fourth-order valence-corrected chi connectivity index (χ4v) is 2.50. The summed E-state index contributed by atoms with van der Waals surface area (Å²) >= 11 is 0. The summed E-state index contributed by atoms with van der Waals surface area (Å²) in [5.74, 6) is -0.745. The van der Waals surface area contributed by atoms with E-state index in [2.05, 4.69) is 21.5 Å². The van der Waals surface area contributed by atoms with Crippen LogP contribution >= 0.6 is 0 Å². The maximum atomic E-state index is 12.1. The fraction of sp³-hybridized carbons (Fsp3) is 0.500. The van der Waals surface area contributed by atoms with Gasteiger partial charge < -0.3 is 9.47 Å². The molecule has 0 aliphatic carbocycles. The quantitative estimate of drug-likeness (QED) is 0.389. The molecule has 0 unspecified atom stereocenters. The van der Waals surface area contributed by atoms with Crippen LogP contribution < -0.4 is 4.72 Å². The normalized spacial score (nSPS) is 11.3. The molecule has 1 aromatic heterocycles. The van der Waals surface area contributed by atoms with E-state index in [0.717, 1.165) is 11.8 Å². The minimum atomic E-state index is -3.88. The minimum absolute atomic E-state index is 0.0664. The summed E-state index contributed by atoms with van der Waals surface area (Å²) < 4.78 is 36.4. The number of carbonyl (C=O) groups is 1. The van der Waals surface area contributed by atoms with Gasteiger partial charge in [0.1, 0.15) is 5.56 Å². The van der Waals surface area contributed by atoms with Crippen LogP contribution in [0.5, 0.6) is 0 Å². The van der Waals surface area contributed by atoms with Gasteiger partial charge in [0, 0.05) is 6.54 Å². The molecular weight excluding hydrogens is 298 g/mol. The molecule has 1 heterocycles. The highest BCUT2D eigenvalue weighted by Gasteiger charge is 2.25. The van der Waals surface area contributed by atoms with E-state index in [0.29, 0.717) is 6.61 Å². The molecule has 0 bridgehead atoms. The molecule has 0 amide bonds. The van der Waals surface area contributed by atoms with E-state index in [1.807, 2.05) is 0 Å². The van der Waals surface area contributed by atoms with Crippen molar-refractivity contribution in [2.75, 3.05) is 26.4 Å². The van der Waals surface area contributed by atoms with Crippen molar-refractivity contribution in [3.63, 3.8) is 0 Å². The number of H-pyrrole nitrogens is 1. The molecule has 0 aliphatic heterocycles. The molecule has 0 saturated carbocycles. The van der Waals surface area contributed by atoms with Gasteiger partial charge in [-0.05, 0) is 13.8 Å². The summed E-state index contributed by atoms with van der Waals surface area (Å²) in [5, 5.41) is 5.54. The topological polar surface area (TPSA) is 110 Å². The summed E-state index contributed by atoms with van der Waals surface area (Å²) in [6.07, 6.45) is 1.12. The van der Waals surface area contributed by atoms with Gasteiger partial charge in [0.05, 0.1) is 26.0 Å². The Hall–Kier alpha value is -1.71. The maximum absolute atomic E-state index is 12.1. The predicted octanol–water partition coefficient (Wildman–Crippen LogP) is 0.457. The van der Waals surface area contributed by atoms with Gasteiger partial charge in [-0.1, -0.05) is 12.2 Å². The van der Waals surface area contributed by atoms with Gasteiger partial charge in [0.15, 0.2) is 5.03 Å². The van der Waals surface area contributed by atoms with Crippen LogP contribution in [-0.4, -0.2) is 50.9 Å². The average molecular weight is 317 g/mol. The first-order valence-electron chi connectivity index (χ1n) is 6.30. The van der Waals surface area contributed by atoms with E-state index in [1.165, 1.54) is 0 Å². The molecule has 2 N–H and O–H groups in total. The standard InChI is InChI=1S/C12H19N3O5S/c1-4-20-12(16)10-7-13-15-11(10)21(17,18)14-5-6-19-8-9(2)3/h7,14H,2,4-6,8H2,1,3H3,(H,13,15). The lowest BCUT2D eigenvalue weighted by Crippen LogP contribution is -2.29. The zero-order valence-corrected chi connectivity index (χ0v) is 12.8. The Balaban J connectivity index is 2.65. The van der Waals surface area contributed by atoms with E-state index in [9.17, 15) is 13.2 Å². The van der Waals surface area contributed by atoms with Crippen LogP contribution in [0.25, 0.3) is 0 Å². The molecule has 0 spiro atoms. The Morgan fingerprint density at radius 2 is 2.24 bits per heavy atom. The van der Waals surface area contributed by atoms with Crippen LogP contribution in [0.4, 0.5) is 0 Å². The second kappa shape index (κ2) is 7.91. The van der Waals surface area contributed by atoms with Crippen LogP contribution in [0.15, 0.2) is 23.4 Å². The number of esters is 1. The third kappa shape index (κ3) is 5.29. The lowest BCUT2D eigenvalue weighted by atomic mass is 10.4. The van der Waals surface area contributed by atoms with Crippen molar-refractivity contribution >= 4 is 16.0 Å². The van der Waals surface area contributed by atoms with Gasteiger partial charge in [0.25, 0.3) is 10.0 Å². The molecule has 21 heavy (non-hydrogen) atoms. The van der Waals surface area contributed by atoms with Crippen LogP contribution in [-0.2, 0) is 19.5 Å². The molecule has 0 fully saturated rings. The molecule has 0 radical (unpaired) electrons. The SMILES string of the molecule is C=C(C)COCCNS(=O)(=O)c1[nH]ncc1C(=O)OCC. The Kier molecular flexibility index (Phi) is 6.53. The summed E-state index contributed by atoms with van der Waals surface area (Å²) in [4.78, 5) is 11.6. The number of hydrogen-bond acceptors (Lipinski definition) is 6. The maximum Gasteiger partial charge on any atom is 0.342 e. The van der Waals surface area contributed by atoms with Gasteiger partial charge in [-0.15, -0.1) is 0 Å². The van der Waals surface area contributed by atoms with E-state index >= 15 is 0 Å². The number of hydrogen-bond donors (Lipinski definition) is 2. The average Bonchev–Trinajstić information content (AvgIpc) is 2.88. The van der Waals surface area contributed by atoms with Crippen LogP contribution in [0, 0.1) is 0 Å². The van der Waals surface area contributed by atoms with Crippen molar-refractivity contribution in [1.29, 1.82) is 0 Å². The number of nitrogens with zero attached hydrogens (tertiary/aromatic N) is 1. The molecular formula is C12H19N3O5S. The second-order valence-corrected chi connectivity index (χ2v) is 5.94. The highest BCUT2D eigenvalue weighted by molar-refractivity contribution is 7.89. The number of aromatic amines is 1. The monoisotopic (exact) mass is 317 g/mol. The van der Waals surface area contributed by atoms with Crippen LogP contribution in [0.1, 0.15) is 24.2 Å². The smallest absolute Gasteiger partial charge is 0.342 e. The second-order valence-electron chi connectivity index (χ2n) is 4.24. The molecule has 0 atom stereocenters. The highest BCUT2D eigenvalue weighted by atomic mass is 32.2. The van der Waals surface area contributed by atoms with E-state index < -0.39 is 16.0 Å². The first-order chi connectivity index (χ1) is 9.88. The van der Waals surface area contributed by atoms with Gasteiger partial charge in [0.2, 0.25) is 0 Å². The van der Waals surface area contributed by atoms with E-state index in [-0.39, 0.29) is 30.3 Å². The van der Waals surface area contributed by atoms with Gasteiger partial charge in [-0.3, -0.25) is 5.10 Å². The van der Waals surface area contributed by atoms with Gasteiger partial charge >= 0.3 is 5.97 Å². The summed E-state index contributed by atoms with van der Waals surface area (Å²) in [7, 11) is -3.88. The van der Waals surface area contributed by atoms with Crippen molar-refractivity contribution in [3.8, 4) is 0 Å². The summed E-state index contributed by atoms with van der Waals surface area (Å²) in [5.41, 5.74) is 0.711. The molecule has 118 valence electrons. The molecule has 1 aromatic rings. The lowest BCUT2D eigenvalue weighted by Gasteiger charge is -2.07. The Labute approximate surface area is 123 Å². The third-order valence-corrected chi connectivity index (χ3v) is 3.69. The zero-order chi connectivity index (χ0) is 15.9. The predicted molar refractivity (Wildman–Crippen MR) is 75.4 cm³/mol. The van der Waals surface area contributed by atoms with Crippen molar-refractivity contribution < 1.29 is 22.7 Å². The third-order valence-electron chi connectivity index (χ3n) is 2.26. The zero-order valence-electron chi connectivity index (χ0n) is 12.0. The number of aromatic nitrogens is 2. The number of nitrogens with one attached hydrogen (secondary N) is 2. The highest BCUT2D eigenvalue weighted by Crippen LogP contribution is 2.12. The summed E-state index contributed by atoms with van der Waals surface area (Å²) in [6, 6.07) is 0. The van der Waals surface area contributed by atoms with Gasteiger partial charge in [-0.25, -0.2) is 17.9 Å². The molecule has 1 rings (SSSR count). The first-order valence-corrected chi connectivity index (χ1v) is 7.79. The van der Waals surface area contributed by atoms with Gasteiger partial charge in [-0.2, -0.15) is 5.10 Å². The van der Waals surface area contributed by atoms with Crippen molar-refractivity contribution in [2.45, 2.75) is 18.9 Å². The van der Waals surface area contributed by atoms with Crippen LogP contribution in [0.3, 0.4) is 0 Å². The summed E-state index contributed by atoms with van der Waals surface area (Å²) in [6.45, 7) is 7.86. The number of ether oxygens (including phenoxy) is 2. The molecule has 9 heteroatoms. The number of rotatable bonds is 9. The Morgan fingerprint density at radius 1 is 1.52 bits per heavy atom. The number of sulfonamides is 1. The minimum Gasteiger partial charge on any atom is -0.462 e. The molecule has 8 nitrogen and oxygen atoms in total. The lowest BCUT2D eigenvalue weighted by molar-refractivity contribution is 0.0522. The Morgan fingerprint density at radius 3 is 2.86 bits per heavy atom. The molecule has 0 saturated heterocycles. The van der Waals surface area contributed by atoms with Crippen molar-refractivity contribution in [1.82, 2.24) is 14.9 Å². The van der Waals surface area contributed by atoms with Crippen LogP contribution in [0.2, 0.25) is 0 Å². The number of carbonyl (C=O) groups excluding carboxylic acids is 1. The molecule has 0 aromatic carbocycles. The first kappa shape index (κ1) is 17.3. The van der Waals surface area contributed by atoms with Crippen molar-refractivity contribution in [3.05, 3.63) is 23.9 Å². The largest absolute Gasteiger partial charge is 0.462 e. The van der Waals surface area contributed by atoms with E-state index in [1.54, 1.807) is 13.8 Å². The Bertz CT molecular complexity index is 594. The molecule has 0 aliphatic rings. The van der Waals surface area contributed by atoms with Crippen molar-refractivity contribution in [2.24, 2.45) is 0 Å². The van der Waals surface area contributed by atoms with E-state index in [4.69, 9.17) is 9.47 Å². The fourth-order valence-electron chi connectivity index (χ4n) is 1.40.